The Bertz CT molecular complexity index is 1150. The molecule has 0 saturated heterocycles. The molecule has 2 N–H and O–H groups in total. The summed E-state index contributed by atoms with van der Waals surface area (Å²) in [5.41, 5.74) is 2.56. The topological polar surface area (TPSA) is 94.5 Å². The number of thioether (sulfide) groups is 1. The van der Waals surface area contributed by atoms with Crippen LogP contribution < -0.4 is 20.1 Å². The maximum atomic E-state index is 13.0. The molecule has 0 bridgehead atoms. The molecule has 0 saturated carbocycles. The van der Waals surface area contributed by atoms with Gasteiger partial charge >= 0.3 is 0 Å². The summed E-state index contributed by atoms with van der Waals surface area (Å²) in [6.45, 7) is 0.0221. The third-order valence-electron chi connectivity index (χ3n) is 4.98. The second-order valence-corrected chi connectivity index (χ2v) is 8.33. The third kappa shape index (κ3) is 5.83. The monoisotopic (exact) mass is 470 g/mol. The van der Waals surface area contributed by atoms with E-state index in [0.29, 0.717) is 23.1 Å². The first-order valence-corrected chi connectivity index (χ1v) is 11.4. The SMILES string of the molecule is COc1cccc(OCC(=O)Nc2c3c(nn2CC(=O)NCc2ccc(F)cc2)CSC3)c1. The molecule has 33 heavy (non-hydrogen) atoms. The summed E-state index contributed by atoms with van der Waals surface area (Å²) < 4.78 is 25.3. The number of fused-ring (bicyclic) bond motifs is 1. The third-order valence-corrected chi connectivity index (χ3v) is 5.95. The molecule has 4 rings (SSSR count). The van der Waals surface area contributed by atoms with Crippen molar-refractivity contribution in [2.75, 3.05) is 19.0 Å². The standard InChI is InChI=1S/C23H23FN4O4S/c1-31-17-3-2-4-18(9-17)32-12-22(30)26-23-19-13-33-14-20(19)27-28(23)11-21(29)25-10-15-5-7-16(24)8-6-15/h2-9H,10-14H2,1H3,(H,25,29)(H,26,30). The number of halogens is 1. The highest BCUT2D eigenvalue weighted by atomic mass is 32.2. The predicted octanol–water partition coefficient (Wildman–Crippen LogP) is 3.11. The highest BCUT2D eigenvalue weighted by Crippen LogP contribution is 2.34. The molecular formula is C23H23FN4O4S. The van der Waals surface area contributed by atoms with Gasteiger partial charge in [-0.3, -0.25) is 9.59 Å². The summed E-state index contributed by atoms with van der Waals surface area (Å²) in [5.74, 6) is 2.13. The number of carbonyl (C=O) groups excluding carboxylic acids is 2. The lowest BCUT2D eigenvalue weighted by molar-refractivity contribution is -0.122. The number of nitrogens with zero attached hydrogens (tertiary/aromatic N) is 2. The zero-order valence-electron chi connectivity index (χ0n) is 18.0. The van der Waals surface area contributed by atoms with Crippen molar-refractivity contribution in [2.45, 2.75) is 24.6 Å². The molecule has 0 radical (unpaired) electrons. The molecule has 2 amide bonds. The molecule has 0 unspecified atom stereocenters. The van der Waals surface area contributed by atoms with E-state index in [-0.39, 0.29) is 37.3 Å². The van der Waals surface area contributed by atoms with Gasteiger partial charge in [-0.25, -0.2) is 9.07 Å². The van der Waals surface area contributed by atoms with Crippen LogP contribution in [0.5, 0.6) is 11.5 Å². The normalized spacial score (nSPS) is 12.2. The van der Waals surface area contributed by atoms with Gasteiger partial charge < -0.3 is 20.1 Å². The number of benzene rings is 2. The lowest BCUT2D eigenvalue weighted by Crippen LogP contribution is -2.29. The van der Waals surface area contributed by atoms with Crippen LogP contribution in [0.15, 0.2) is 48.5 Å². The second-order valence-electron chi connectivity index (χ2n) is 7.34. The van der Waals surface area contributed by atoms with E-state index in [9.17, 15) is 14.0 Å². The van der Waals surface area contributed by atoms with Crippen LogP contribution in [0.3, 0.4) is 0 Å². The lowest BCUT2D eigenvalue weighted by atomic mass is 10.2. The largest absolute Gasteiger partial charge is 0.497 e. The zero-order chi connectivity index (χ0) is 23.2. The summed E-state index contributed by atoms with van der Waals surface area (Å²) >= 11 is 1.70. The number of hydrogen-bond donors (Lipinski definition) is 2. The van der Waals surface area contributed by atoms with E-state index in [1.165, 1.54) is 16.8 Å². The minimum atomic E-state index is -0.356. The van der Waals surface area contributed by atoms with Gasteiger partial charge in [-0.1, -0.05) is 18.2 Å². The average molecular weight is 471 g/mol. The number of rotatable bonds is 9. The molecule has 3 aromatic rings. The van der Waals surface area contributed by atoms with Crippen LogP contribution in [0.2, 0.25) is 0 Å². The number of anilines is 1. The Morgan fingerprint density at radius 2 is 1.91 bits per heavy atom. The Balaban J connectivity index is 1.37. The van der Waals surface area contributed by atoms with E-state index in [4.69, 9.17) is 9.47 Å². The minimum Gasteiger partial charge on any atom is -0.497 e. The number of hydrogen-bond acceptors (Lipinski definition) is 6. The fourth-order valence-electron chi connectivity index (χ4n) is 3.32. The Labute approximate surface area is 194 Å². The van der Waals surface area contributed by atoms with Gasteiger partial charge in [-0.2, -0.15) is 16.9 Å². The van der Waals surface area contributed by atoms with Crippen LogP contribution in [-0.4, -0.2) is 35.3 Å². The predicted molar refractivity (Wildman–Crippen MR) is 123 cm³/mol. The molecule has 8 nitrogen and oxygen atoms in total. The van der Waals surface area contributed by atoms with Gasteiger partial charge in [0, 0.05) is 29.7 Å². The highest BCUT2D eigenvalue weighted by molar-refractivity contribution is 7.98. The van der Waals surface area contributed by atoms with Crippen molar-refractivity contribution < 1.29 is 23.5 Å². The van der Waals surface area contributed by atoms with Gasteiger partial charge in [0.2, 0.25) is 5.91 Å². The fraction of sp³-hybridized carbons (Fsp3) is 0.261. The minimum absolute atomic E-state index is 0.0504. The summed E-state index contributed by atoms with van der Waals surface area (Å²) in [6, 6.07) is 12.9. The van der Waals surface area contributed by atoms with Gasteiger partial charge in [-0.15, -0.1) is 0 Å². The summed E-state index contributed by atoms with van der Waals surface area (Å²) in [4.78, 5) is 25.1. The molecule has 1 aromatic heterocycles. The van der Waals surface area contributed by atoms with Crippen LogP contribution in [0.25, 0.3) is 0 Å². The van der Waals surface area contributed by atoms with Gasteiger partial charge in [-0.05, 0) is 29.8 Å². The molecule has 0 fully saturated rings. The van der Waals surface area contributed by atoms with Crippen molar-refractivity contribution in [2.24, 2.45) is 0 Å². The molecule has 2 aromatic carbocycles. The molecular weight excluding hydrogens is 447 g/mol. The Morgan fingerprint density at radius 3 is 2.70 bits per heavy atom. The second kappa shape index (κ2) is 10.4. The van der Waals surface area contributed by atoms with Crippen LogP contribution in [0.1, 0.15) is 16.8 Å². The number of nitrogens with one attached hydrogen (secondary N) is 2. The van der Waals surface area contributed by atoms with Crippen LogP contribution in [0.4, 0.5) is 10.2 Å². The van der Waals surface area contributed by atoms with E-state index in [1.54, 1.807) is 55.3 Å². The summed E-state index contributed by atoms with van der Waals surface area (Å²) in [7, 11) is 1.56. The van der Waals surface area contributed by atoms with E-state index in [2.05, 4.69) is 15.7 Å². The van der Waals surface area contributed by atoms with E-state index < -0.39 is 0 Å². The molecule has 0 spiro atoms. The van der Waals surface area contributed by atoms with E-state index in [0.717, 1.165) is 22.6 Å². The molecule has 1 aliphatic rings. The van der Waals surface area contributed by atoms with Gasteiger partial charge in [0.15, 0.2) is 6.61 Å². The van der Waals surface area contributed by atoms with Crippen molar-refractivity contribution >= 4 is 29.4 Å². The molecule has 10 heteroatoms. The quantitative estimate of drug-likeness (QED) is 0.499. The number of ether oxygens (including phenoxy) is 2. The number of amides is 2. The van der Waals surface area contributed by atoms with Crippen molar-refractivity contribution in [3.8, 4) is 11.5 Å². The van der Waals surface area contributed by atoms with Gasteiger partial charge in [0.1, 0.15) is 29.7 Å². The maximum Gasteiger partial charge on any atom is 0.263 e. The first-order chi connectivity index (χ1) is 16.0. The molecule has 0 aliphatic carbocycles. The number of methoxy groups -OCH3 is 1. The Morgan fingerprint density at radius 1 is 1.12 bits per heavy atom. The van der Waals surface area contributed by atoms with Crippen molar-refractivity contribution in [1.29, 1.82) is 0 Å². The van der Waals surface area contributed by atoms with Crippen LogP contribution in [-0.2, 0) is 34.2 Å². The number of carbonyl (C=O) groups is 2. The zero-order valence-corrected chi connectivity index (χ0v) is 18.8. The molecule has 1 aliphatic heterocycles. The lowest BCUT2D eigenvalue weighted by Gasteiger charge is -2.12. The highest BCUT2D eigenvalue weighted by Gasteiger charge is 2.25. The van der Waals surface area contributed by atoms with Crippen molar-refractivity contribution in [1.82, 2.24) is 15.1 Å². The maximum absolute atomic E-state index is 13.0. The smallest absolute Gasteiger partial charge is 0.263 e. The van der Waals surface area contributed by atoms with Gasteiger partial charge in [0.05, 0.1) is 12.8 Å². The Kier molecular flexibility index (Phi) is 7.13. The molecule has 2 heterocycles. The van der Waals surface area contributed by atoms with Crippen molar-refractivity contribution in [3.05, 3.63) is 71.2 Å². The first kappa shape index (κ1) is 22.7. The Hall–Kier alpha value is -3.53. The molecule has 0 atom stereocenters. The molecule has 172 valence electrons. The van der Waals surface area contributed by atoms with Crippen LogP contribution in [0, 0.1) is 5.82 Å². The first-order valence-electron chi connectivity index (χ1n) is 10.3. The van der Waals surface area contributed by atoms with E-state index >= 15 is 0 Å². The van der Waals surface area contributed by atoms with Crippen LogP contribution >= 0.6 is 11.8 Å². The average Bonchev–Trinajstić information content (AvgIpc) is 3.40. The van der Waals surface area contributed by atoms with Crippen molar-refractivity contribution in [3.63, 3.8) is 0 Å². The summed E-state index contributed by atoms with van der Waals surface area (Å²) in [5, 5.41) is 10.1. The van der Waals surface area contributed by atoms with Gasteiger partial charge in [0.25, 0.3) is 5.91 Å². The summed E-state index contributed by atoms with van der Waals surface area (Å²) in [6.07, 6.45) is 0. The van der Waals surface area contributed by atoms with E-state index in [1.807, 2.05) is 0 Å². The number of aromatic nitrogens is 2. The fourth-order valence-corrected chi connectivity index (χ4v) is 4.36.